The second-order valence-corrected chi connectivity index (χ2v) is 3.80. The molecular formula is C12H19NO5. The monoisotopic (exact) mass is 257 g/mol. The van der Waals surface area contributed by atoms with E-state index in [0.717, 1.165) is 0 Å². The number of hydrogen-bond acceptors (Lipinski definition) is 5. The maximum absolute atomic E-state index is 11.7. The van der Waals surface area contributed by atoms with E-state index in [-0.39, 0.29) is 6.09 Å². The minimum absolute atomic E-state index is 0.325. The molecule has 1 aliphatic heterocycles. The highest BCUT2D eigenvalue weighted by Crippen LogP contribution is 2.03. The minimum atomic E-state index is -0.468. The summed E-state index contributed by atoms with van der Waals surface area (Å²) < 4.78 is 15.0. The fourth-order valence-corrected chi connectivity index (χ4v) is 1.42. The van der Waals surface area contributed by atoms with Crippen LogP contribution in [0.25, 0.3) is 0 Å². The van der Waals surface area contributed by atoms with Gasteiger partial charge in [-0.05, 0) is 19.9 Å². The Morgan fingerprint density at radius 1 is 1.39 bits per heavy atom. The van der Waals surface area contributed by atoms with E-state index in [9.17, 15) is 9.59 Å². The Balaban J connectivity index is 2.32. The van der Waals surface area contributed by atoms with Gasteiger partial charge in [0.15, 0.2) is 0 Å². The normalized spacial score (nSPS) is 17.6. The average Bonchev–Trinajstić information content (AvgIpc) is 2.38. The fourth-order valence-electron chi connectivity index (χ4n) is 1.42. The van der Waals surface area contributed by atoms with Gasteiger partial charge in [0.2, 0.25) is 0 Å². The van der Waals surface area contributed by atoms with Crippen LogP contribution in [0.3, 0.4) is 0 Å². The van der Waals surface area contributed by atoms with Gasteiger partial charge in [-0.15, -0.1) is 0 Å². The van der Waals surface area contributed by atoms with Gasteiger partial charge >= 0.3 is 12.1 Å². The number of carbonyl (C=O) groups excluding carboxylic acids is 2. The molecule has 1 aliphatic rings. The molecule has 6 heteroatoms. The van der Waals surface area contributed by atoms with Gasteiger partial charge in [0, 0.05) is 19.2 Å². The molecule has 0 aromatic heterocycles. The summed E-state index contributed by atoms with van der Waals surface area (Å²) in [4.78, 5) is 24.3. The number of esters is 1. The van der Waals surface area contributed by atoms with Gasteiger partial charge in [0.25, 0.3) is 0 Å². The van der Waals surface area contributed by atoms with Crippen molar-refractivity contribution in [3.05, 3.63) is 12.2 Å². The number of morpholine rings is 1. The summed E-state index contributed by atoms with van der Waals surface area (Å²) in [5.41, 5.74) is 0. The molecule has 102 valence electrons. The topological polar surface area (TPSA) is 65.1 Å². The molecule has 0 aromatic carbocycles. The van der Waals surface area contributed by atoms with Crippen molar-refractivity contribution in [1.82, 2.24) is 4.90 Å². The molecule has 0 radical (unpaired) electrons. The molecule has 1 amide bonds. The van der Waals surface area contributed by atoms with Crippen molar-refractivity contribution in [3.63, 3.8) is 0 Å². The van der Waals surface area contributed by atoms with Gasteiger partial charge in [-0.3, -0.25) is 0 Å². The van der Waals surface area contributed by atoms with Crippen molar-refractivity contribution in [2.24, 2.45) is 0 Å². The SMILES string of the molecule is CCOC(=O)C=C[C@H](C)OC(=O)N1CCOCC1. The molecule has 0 N–H and O–H groups in total. The molecule has 0 bridgehead atoms. The highest BCUT2D eigenvalue weighted by Gasteiger charge is 2.19. The third kappa shape index (κ3) is 5.18. The van der Waals surface area contributed by atoms with Crippen LogP contribution in [0, 0.1) is 0 Å². The van der Waals surface area contributed by atoms with Crippen molar-refractivity contribution in [1.29, 1.82) is 0 Å². The molecule has 0 saturated carbocycles. The molecule has 0 aliphatic carbocycles. The summed E-state index contributed by atoms with van der Waals surface area (Å²) in [6.45, 7) is 5.87. The molecule has 1 heterocycles. The van der Waals surface area contributed by atoms with Crippen LogP contribution in [0.1, 0.15) is 13.8 Å². The molecule has 6 nitrogen and oxygen atoms in total. The molecule has 0 spiro atoms. The quantitative estimate of drug-likeness (QED) is 0.554. The van der Waals surface area contributed by atoms with E-state index in [0.29, 0.717) is 32.9 Å². The molecule has 1 fully saturated rings. The second kappa shape index (κ2) is 7.71. The lowest BCUT2D eigenvalue weighted by atomic mass is 10.3. The summed E-state index contributed by atoms with van der Waals surface area (Å²) in [5.74, 6) is -0.438. The van der Waals surface area contributed by atoms with Crippen molar-refractivity contribution in [2.45, 2.75) is 20.0 Å². The number of rotatable bonds is 4. The van der Waals surface area contributed by atoms with Crippen molar-refractivity contribution < 1.29 is 23.8 Å². The van der Waals surface area contributed by atoms with Crippen LogP contribution in [0.4, 0.5) is 4.79 Å². The van der Waals surface area contributed by atoms with Crippen LogP contribution in [0.5, 0.6) is 0 Å². The lowest BCUT2D eigenvalue weighted by molar-refractivity contribution is -0.137. The van der Waals surface area contributed by atoms with E-state index in [1.165, 1.54) is 12.2 Å². The van der Waals surface area contributed by atoms with Crippen LogP contribution in [0.15, 0.2) is 12.2 Å². The minimum Gasteiger partial charge on any atom is -0.463 e. The van der Waals surface area contributed by atoms with E-state index in [1.54, 1.807) is 18.7 Å². The predicted molar refractivity (Wildman–Crippen MR) is 64.1 cm³/mol. The van der Waals surface area contributed by atoms with Crippen molar-refractivity contribution in [2.75, 3.05) is 32.9 Å². The highest BCUT2D eigenvalue weighted by atomic mass is 16.6. The van der Waals surface area contributed by atoms with Gasteiger partial charge in [0.1, 0.15) is 6.10 Å². The van der Waals surface area contributed by atoms with E-state index in [2.05, 4.69) is 0 Å². The van der Waals surface area contributed by atoms with Gasteiger partial charge < -0.3 is 19.1 Å². The number of ether oxygens (including phenoxy) is 3. The van der Waals surface area contributed by atoms with Gasteiger partial charge in [-0.1, -0.05) is 0 Å². The molecular weight excluding hydrogens is 238 g/mol. The predicted octanol–water partition coefficient (Wildman–Crippen LogP) is 0.963. The van der Waals surface area contributed by atoms with Crippen LogP contribution in [-0.4, -0.2) is 56.0 Å². The first-order valence-electron chi connectivity index (χ1n) is 6.01. The zero-order chi connectivity index (χ0) is 13.4. The van der Waals surface area contributed by atoms with Gasteiger partial charge in [-0.25, -0.2) is 9.59 Å². The molecule has 0 aromatic rings. The van der Waals surface area contributed by atoms with Crippen LogP contribution in [-0.2, 0) is 19.0 Å². The Labute approximate surface area is 106 Å². The first-order chi connectivity index (χ1) is 8.63. The van der Waals surface area contributed by atoms with Gasteiger partial charge in [-0.2, -0.15) is 0 Å². The fraction of sp³-hybridized carbons (Fsp3) is 0.667. The summed E-state index contributed by atoms with van der Waals surface area (Å²) in [6.07, 6.45) is 1.90. The van der Waals surface area contributed by atoms with Crippen molar-refractivity contribution in [3.8, 4) is 0 Å². The zero-order valence-corrected chi connectivity index (χ0v) is 10.8. The number of amides is 1. The smallest absolute Gasteiger partial charge is 0.410 e. The Morgan fingerprint density at radius 2 is 2.06 bits per heavy atom. The summed E-state index contributed by atoms with van der Waals surface area (Å²) in [6, 6.07) is 0. The average molecular weight is 257 g/mol. The maximum atomic E-state index is 11.7. The molecule has 1 atom stereocenters. The van der Waals surface area contributed by atoms with E-state index in [4.69, 9.17) is 14.2 Å². The third-order valence-electron chi connectivity index (χ3n) is 2.35. The van der Waals surface area contributed by atoms with Gasteiger partial charge in [0.05, 0.1) is 19.8 Å². The highest BCUT2D eigenvalue weighted by molar-refractivity contribution is 5.82. The number of carbonyl (C=O) groups is 2. The van der Waals surface area contributed by atoms with E-state index >= 15 is 0 Å². The van der Waals surface area contributed by atoms with Crippen LogP contribution >= 0.6 is 0 Å². The summed E-state index contributed by atoms with van der Waals surface area (Å²) >= 11 is 0. The third-order valence-corrected chi connectivity index (χ3v) is 2.35. The lowest BCUT2D eigenvalue weighted by Gasteiger charge is -2.26. The number of nitrogens with zero attached hydrogens (tertiary/aromatic N) is 1. The molecule has 1 rings (SSSR count). The Morgan fingerprint density at radius 3 is 2.67 bits per heavy atom. The first-order valence-corrected chi connectivity index (χ1v) is 6.01. The first kappa shape index (κ1) is 14.5. The molecule has 0 unspecified atom stereocenters. The zero-order valence-electron chi connectivity index (χ0n) is 10.8. The summed E-state index contributed by atoms with van der Waals surface area (Å²) in [5, 5.41) is 0. The number of hydrogen-bond donors (Lipinski definition) is 0. The second-order valence-electron chi connectivity index (χ2n) is 3.80. The standard InChI is InChI=1S/C12H19NO5/c1-3-17-11(14)5-4-10(2)18-12(15)13-6-8-16-9-7-13/h4-5,10H,3,6-9H2,1-2H3/t10-/m0/s1. The lowest BCUT2D eigenvalue weighted by Crippen LogP contribution is -2.41. The van der Waals surface area contributed by atoms with E-state index < -0.39 is 12.1 Å². The van der Waals surface area contributed by atoms with Crippen LogP contribution in [0.2, 0.25) is 0 Å². The van der Waals surface area contributed by atoms with E-state index in [1.807, 2.05) is 0 Å². The molecule has 1 saturated heterocycles. The Bertz CT molecular complexity index is 310. The molecule has 18 heavy (non-hydrogen) atoms. The Kier molecular flexibility index (Phi) is 6.21. The summed E-state index contributed by atoms with van der Waals surface area (Å²) in [7, 11) is 0. The maximum Gasteiger partial charge on any atom is 0.410 e. The van der Waals surface area contributed by atoms with Crippen molar-refractivity contribution >= 4 is 12.1 Å². The largest absolute Gasteiger partial charge is 0.463 e. The Hall–Kier alpha value is -1.56. The van der Waals surface area contributed by atoms with Crippen LogP contribution < -0.4 is 0 Å².